The van der Waals surface area contributed by atoms with E-state index in [4.69, 9.17) is 0 Å². The molecule has 0 saturated carbocycles. The zero-order chi connectivity index (χ0) is 17.7. The number of rotatable bonds is 3. The molecule has 3 heterocycles. The number of carbonyl (C=O) groups is 1. The quantitative estimate of drug-likeness (QED) is 0.919. The molecule has 6 heteroatoms. The van der Waals surface area contributed by atoms with Crippen molar-refractivity contribution in [2.45, 2.75) is 77.6 Å². The van der Waals surface area contributed by atoms with Gasteiger partial charge in [-0.1, -0.05) is 13.8 Å². The van der Waals surface area contributed by atoms with E-state index in [1.807, 2.05) is 25.5 Å². The Morgan fingerprint density at radius 3 is 2.67 bits per heavy atom. The Kier molecular flexibility index (Phi) is 4.12. The van der Waals surface area contributed by atoms with E-state index >= 15 is 0 Å². The van der Waals surface area contributed by atoms with Gasteiger partial charge < -0.3 is 10.2 Å². The minimum atomic E-state index is -0.940. The number of hydrogen-bond acceptors (Lipinski definition) is 3. The van der Waals surface area contributed by atoms with Gasteiger partial charge in [-0.05, 0) is 40.0 Å². The summed E-state index contributed by atoms with van der Waals surface area (Å²) in [5.74, 6) is 0.708. The van der Waals surface area contributed by atoms with E-state index in [2.05, 4.69) is 24.3 Å². The molecule has 0 radical (unpaired) electrons. The third kappa shape index (κ3) is 2.42. The number of hydrogen-bond donors (Lipinski definition) is 1. The molecule has 0 bridgehead atoms. The summed E-state index contributed by atoms with van der Waals surface area (Å²) in [4.78, 5) is 15.1. The highest BCUT2D eigenvalue weighted by Gasteiger charge is 2.47. The fourth-order valence-electron chi connectivity index (χ4n) is 4.31. The van der Waals surface area contributed by atoms with Crippen molar-refractivity contribution in [1.82, 2.24) is 14.7 Å². The van der Waals surface area contributed by atoms with Crippen LogP contribution in [0.15, 0.2) is 0 Å². The first-order chi connectivity index (χ1) is 11.3. The molecule has 0 aliphatic carbocycles. The molecule has 1 amide bonds. The topological polar surface area (TPSA) is 50.2 Å². The first-order valence-corrected chi connectivity index (χ1v) is 9.06. The smallest absolute Gasteiger partial charge is 0.260 e. The molecule has 1 aromatic heterocycles. The third-order valence-corrected chi connectivity index (χ3v) is 5.99. The van der Waals surface area contributed by atoms with E-state index < -0.39 is 6.17 Å². The van der Waals surface area contributed by atoms with Crippen LogP contribution >= 0.6 is 0 Å². The van der Waals surface area contributed by atoms with Crippen molar-refractivity contribution in [3.8, 4) is 0 Å². The molecule has 0 aromatic carbocycles. The lowest BCUT2D eigenvalue weighted by Crippen LogP contribution is -2.47. The summed E-state index contributed by atoms with van der Waals surface area (Å²) in [6.07, 6.45) is 2.00. The fraction of sp³-hybridized carbons (Fsp3) is 0.778. The third-order valence-electron chi connectivity index (χ3n) is 5.99. The largest absolute Gasteiger partial charge is 0.369 e. The SMILES string of the molecule is CCC1(CC)CC(F)CN1C(=O)c1c(C)nn2c1NCCC2(C)C. The Morgan fingerprint density at radius 2 is 2.04 bits per heavy atom. The van der Waals surface area contributed by atoms with Gasteiger partial charge in [-0.25, -0.2) is 9.07 Å². The Bertz CT molecular complexity index is 648. The maximum Gasteiger partial charge on any atom is 0.260 e. The molecule has 24 heavy (non-hydrogen) atoms. The highest BCUT2D eigenvalue weighted by Crippen LogP contribution is 2.40. The molecule has 1 saturated heterocycles. The Morgan fingerprint density at radius 1 is 1.38 bits per heavy atom. The van der Waals surface area contributed by atoms with Gasteiger partial charge in [0, 0.05) is 18.5 Å². The van der Waals surface area contributed by atoms with E-state index in [1.54, 1.807) is 4.90 Å². The normalized spacial score (nSPS) is 24.6. The van der Waals surface area contributed by atoms with E-state index in [0.29, 0.717) is 12.0 Å². The molecule has 1 atom stereocenters. The number of nitrogens with one attached hydrogen (secondary N) is 1. The summed E-state index contributed by atoms with van der Waals surface area (Å²) in [6, 6.07) is 0. The molecule has 3 rings (SSSR count). The van der Waals surface area contributed by atoms with Crippen molar-refractivity contribution in [2.75, 3.05) is 18.4 Å². The summed E-state index contributed by atoms with van der Waals surface area (Å²) >= 11 is 0. The van der Waals surface area contributed by atoms with Crippen LogP contribution < -0.4 is 5.32 Å². The summed E-state index contributed by atoms with van der Waals surface area (Å²) in [6.45, 7) is 11.2. The van der Waals surface area contributed by atoms with Crippen molar-refractivity contribution in [2.24, 2.45) is 0 Å². The molecule has 134 valence electrons. The van der Waals surface area contributed by atoms with Crippen LogP contribution in [0.5, 0.6) is 0 Å². The molecule has 1 unspecified atom stereocenters. The van der Waals surface area contributed by atoms with Crippen LogP contribution in [0, 0.1) is 6.92 Å². The zero-order valence-corrected chi connectivity index (χ0v) is 15.4. The van der Waals surface area contributed by atoms with Gasteiger partial charge in [0.25, 0.3) is 5.91 Å². The molecule has 5 nitrogen and oxygen atoms in total. The van der Waals surface area contributed by atoms with E-state index in [0.717, 1.165) is 37.3 Å². The summed E-state index contributed by atoms with van der Waals surface area (Å²) in [5, 5.41) is 7.97. The van der Waals surface area contributed by atoms with Crippen molar-refractivity contribution in [1.29, 1.82) is 0 Å². The highest BCUT2D eigenvalue weighted by atomic mass is 19.1. The van der Waals surface area contributed by atoms with E-state index in [9.17, 15) is 9.18 Å². The Balaban J connectivity index is 2.04. The van der Waals surface area contributed by atoms with Crippen LogP contribution in [-0.4, -0.2) is 45.4 Å². The number of nitrogens with zero attached hydrogens (tertiary/aromatic N) is 3. The van der Waals surface area contributed by atoms with Gasteiger partial charge in [-0.15, -0.1) is 0 Å². The summed E-state index contributed by atoms with van der Waals surface area (Å²) in [5.41, 5.74) is 0.843. The van der Waals surface area contributed by atoms with Crippen molar-refractivity contribution >= 4 is 11.7 Å². The monoisotopic (exact) mass is 336 g/mol. The number of aromatic nitrogens is 2. The predicted octanol–water partition coefficient (Wildman–Crippen LogP) is 3.49. The van der Waals surface area contributed by atoms with Gasteiger partial charge in [0.15, 0.2) is 0 Å². The molecule has 1 N–H and O–H groups in total. The highest BCUT2D eigenvalue weighted by molar-refractivity contribution is 6.01. The maximum atomic E-state index is 14.2. The van der Waals surface area contributed by atoms with Crippen molar-refractivity contribution < 1.29 is 9.18 Å². The zero-order valence-electron chi connectivity index (χ0n) is 15.4. The average molecular weight is 336 g/mol. The lowest BCUT2D eigenvalue weighted by atomic mass is 9.89. The standard InChI is InChI=1S/C18H29FN4O/c1-6-18(7-2)10-13(19)11-22(18)16(24)14-12(3)21-23-15(14)20-9-8-17(23,4)5/h13,20H,6-11H2,1-5H3. The van der Waals surface area contributed by atoms with Crippen LogP contribution in [0.4, 0.5) is 10.2 Å². The van der Waals surface area contributed by atoms with Gasteiger partial charge in [-0.2, -0.15) is 5.10 Å². The van der Waals surface area contributed by atoms with Crippen molar-refractivity contribution in [3.63, 3.8) is 0 Å². The number of likely N-dealkylation sites (tertiary alicyclic amines) is 1. The fourth-order valence-corrected chi connectivity index (χ4v) is 4.31. The lowest BCUT2D eigenvalue weighted by molar-refractivity contribution is 0.0572. The van der Waals surface area contributed by atoms with Crippen LogP contribution in [0.1, 0.15) is 69.4 Å². The maximum absolute atomic E-state index is 14.2. The lowest BCUT2D eigenvalue weighted by Gasteiger charge is -2.37. The minimum absolute atomic E-state index is 0.0807. The number of anilines is 1. The van der Waals surface area contributed by atoms with Crippen molar-refractivity contribution in [3.05, 3.63) is 11.3 Å². The second-order valence-corrected chi connectivity index (χ2v) is 7.86. The van der Waals surface area contributed by atoms with E-state index in [1.165, 1.54) is 0 Å². The number of carbonyl (C=O) groups excluding carboxylic acids is 1. The summed E-state index contributed by atoms with van der Waals surface area (Å²) in [7, 11) is 0. The Hall–Kier alpha value is -1.59. The van der Waals surface area contributed by atoms with Gasteiger partial charge >= 0.3 is 0 Å². The van der Waals surface area contributed by atoms with Crippen LogP contribution in [0.3, 0.4) is 0 Å². The average Bonchev–Trinajstić information content (AvgIpc) is 3.05. The molecule has 2 aliphatic rings. The van der Waals surface area contributed by atoms with Crippen LogP contribution in [0.2, 0.25) is 0 Å². The minimum Gasteiger partial charge on any atom is -0.369 e. The first kappa shape index (κ1) is 17.2. The molecular formula is C18H29FN4O. The second kappa shape index (κ2) is 5.74. The predicted molar refractivity (Wildman–Crippen MR) is 93.3 cm³/mol. The van der Waals surface area contributed by atoms with Gasteiger partial charge in [-0.3, -0.25) is 4.79 Å². The first-order valence-electron chi connectivity index (χ1n) is 9.06. The number of alkyl halides is 1. The molecule has 1 fully saturated rings. The molecule has 1 aromatic rings. The van der Waals surface area contributed by atoms with Gasteiger partial charge in [0.1, 0.15) is 17.6 Å². The number of halogens is 1. The number of aryl methyl sites for hydroxylation is 1. The van der Waals surface area contributed by atoms with E-state index in [-0.39, 0.29) is 23.5 Å². The molecule has 2 aliphatic heterocycles. The van der Waals surface area contributed by atoms with Crippen LogP contribution in [0.25, 0.3) is 0 Å². The van der Waals surface area contributed by atoms with Gasteiger partial charge in [0.05, 0.1) is 17.8 Å². The van der Waals surface area contributed by atoms with Crippen LogP contribution in [-0.2, 0) is 5.54 Å². The summed E-state index contributed by atoms with van der Waals surface area (Å²) < 4.78 is 16.1. The number of amides is 1. The Labute approximate surface area is 143 Å². The van der Waals surface area contributed by atoms with Gasteiger partial charge in [0.2, 0.25) is 0 Å². The molecular weight excluding hydrogens is 307 g/mol. The number of fused-ring (bicyclic) bond motifs is 1. The second-order valence-electron chi connectivity index (χ2n) is 7.86. The molecule has 0 spiro atoms.